The van der Waals surface area contributed by atoms with Gasteiger partial charge in [-0.2, -0.15) is 13.2 Å². The molecule has 2 aromatic carbocycles. The lowest BCUT2D eigenvalue weighted by molar-refractivity contribution is -0.924. The molecule has 2 aliphatic heterocycles. The fraction of sp³-hybridized carbons (Fsp3) is 0.581. The zero-order chi connectivity index (χ0) is 28.6. The normalized spacial score (nSPS) is 35.0. The Balaban J connectivity index is 1.30. The van der Waals surface area contributed by atoms with Gasteiger partial charge in [-0.05, 0) is 55.7 Å². The van der Waals surface area contributed by atoms with Gasteiger partial charge in [0, 0.05) is 30.9 Å². The number of alkyl halides is 3. The summed E-state index contributed by atoms with van der Waals surface area (Å²) in [6.07, 6.45) is -2.73. The molecule has 2 heterocycles. The Kier molecular flexibility index (Phi) is 6.16. The number of nitrogens with zero attached hydrogens (tertiary/aromatic N) is 1. The SMILES string of the molecule is O=C(OC1CC[C@@]2(OCCCc3ccccc3)[C@H]3Cc4ccc(O)c5c4[C@@]2(CC[N+]3([O-])CC2CC2)C1O5)C(F)(F)F. The number of ether oxygens (including phenoxy) is 3. The number of halogens is 3. The zero-order valence-electron chi connectivity index (χ0n) is 22.7. The van der Waals surface area contributed by atoms with Gasteiger partial charge in [0.2, 0.25) is 0 Å². The zero-order valence-corrected chi connectivity index (χ0v) is 22.7. The average Bonchev–Trinajstić information content (AvgIpc) is 3.67. The van der Waals surface area contributed by atoms with Gasteiger partial charge in [-0.1, -0.05) is 36.4 Å². The Morgan fingerprint density at radius 2 is 1.90 bits per heavy atom. The van der Waals surface area contributed by atoms with Crippen LogP contribution in [0.1, 0.15) is 55.2 Å². The molecule has 3 unspecified atom stereocenters. The number of hydrogen-bond donors (Lipinski definition) is 1. The molecule has 2 aromatic rings. The molecule has 1 spiro atoms. The topological polar surface area (TPSA) is 88.1 Å². The van der Waals surface area contributed by atoms with Gasteiger partial charge in [0.15, 0.2) is 11.5 Å². The van der Waals surface area contributed by atoms with E-state index in [1.54, 1.807) is 6.07 Å². The fourth-order valence-electron chi connectivity index (χ4n) is 8.47. The molecule has 3 aliphatic carbocycles. The summed E-state index contributed by atoms with van der Waals surface area (Å²) in [6, 6.07) is 12.9. The predicted octanol–water partition coefficient (Wildman–Crippen LogP) is 5.10. The third kappa shape index (κ3) is 4.08. The average molecular weight is 574 g/mol. The highest BCUT2D eigenvalue weighted by atomic mass is 19.4. The highest BCUT2D eigenvalue weighted by molar-refractivity contribution is 5.76. The summed E-state index contributed by atoms with van der Waals surface area (Å²) in [5.74, 6) is -1.79. The first-order chi connectivity index (χ1) is 19.6. The molecule has 5 aliphatic rings. The van der Waals surface area contributed by atoms with Crippen LogP contribution in [0.4, 0.5) is 13.2 Å². The monoisotopic (exact) mass is 573 g/mol. The predicted molar refractivity (Wildman–Crippen MR) is 141 cm³/mol. The molecular weight excluding hydrogens is 539 g/mol. The Labute approximate surface area is 236 Å². The summed E-state index contributed by atoms with van der Waals surface area (Å²) in [4.78, 5) is 12.0. The van der Waals surface area contributed by atoms with Crippen LogP contribution < -0.4 is 4.74 Å². The van der Waals surface area contributed by atoms with Crippen LogP contribution in [0.3, 0.4) is 0 Å². The minimum Gasteiger partial charge on any atom is -0.632 e. The molecule has 2 bridgehead atoms. The Morgan fingerprint density at radius 1 is 1.12 bits per heavy atom. The van der Waals surface area contributed by atoms with Crippen LogP contribution in [0, 0.1) is 11.1 Å². The second-order valence-electron chi connectivity index (χ2n) is 12.5. The number of quaternary nitrogens is 1. The molecule has 0 aromatic heterocycles. The van der Waals surface area contributed by atoms with Gasteiger partial charge in [0.1, 0.15) is 23.9 Å². The number of aryl methyl sites for hydroxylation is 1. The molecule has 0 radical (unpaired) electrons. The van der Waals surface area contributed by atoms with Crippen LogP contribution in [-0.2, 0) is 32.5 Å². The summed E-state index contributed by atoms with van der Waals surface area (Å²) >= 11 is 0. The molecule has 10 heteroatoms. The fourth-order valence-corrected chi connectivity index (χ4v) is 8.47. The number of aromatic hydroxyl groups is 1. The quantitative estimate of drug-likeness (QED) is 0.205. The molecule has 41 heavy (non-hydrogen) atoms. The number of hydrogen-bond acceptors (Lipinski definition) is 6. The minimum atomic E-state index is -5.15. The molecule has 1 saturated heterocycles. The number of likely N-dealkylation sites (tertiary alicyclic amines) is 1. The number of esters is 1. The van der Waals surface area contributed by atoms with Crippen LogP contribution in [0.15, 0.2) is 42.5 Å². The molecule has 1 N–H and O–H groups in total. The van der Waals surface area contributed by atoms with E-state index in [9.17, 15) is 28.3 Å². The van der Waals surface area contributed by atoms with Crippen LogP contribution in [-0.4, -0.2) is 65.4 Å². The van der Waals surface area contributed by atoms with E-state index in [1.807, 2.05) is 30.3 Å². The maximum atomic E-state index is 14.7. The van der Waals surface area contributed by atoms with E-state index < -0.39 is 46.1 Å². The van der Waals surface area contributed by atoms with E-state index in [2.05, 4.69) is 0 Å². The first-order valence-corrected chi connectivity index (χ1v) is 14.6. The summed E-state index contributed by atoms with van der Waals surface area (Å²) in [6.45, 7) is 1.12. The number of carbonyl (C=O) groups is 1. The van der Waals surface area contributed by atoms with Crippen LogP contribution in [0.25, 0.3) is 0 Å². The molecule has 6 atom stereocenters. The van der Waals surface area contributed by atoms with Gasteiger partial charge in [0.25, 0.3) is 0 Å². The lowest BCUT2D eigenvalue weighted by atomic mass is 9.48. The Hall–Kier alpha value is -2.82. The third-order valence-corrected chi connectivity index (χ3v) is 10.3. The Bertz CT molecular complexity index is 1350. The highest BCUT2D eigenvalue weighted by Crippen LogP contribution is 2.68. The maximum Gasteiger partial charge on any atom is 0.490 e. The first kappa shape index (κ1) is 27.0. The first-order valence-electron chi connectivity index (χ1n) is 14.6. The maximum absolute atomic E-state index is 14.7. The molecular formula is C31H34F3NO6. The van der Waals surface area contributed by atoms with Gasteiger partial charge < -0.3 is 29.2 Å². The van der Waals surface area contributed by atoms with E-state index in [1.165, 1.54) is 11.6 Å². The minimum absolute atomic E-state index is 0.0664. The van der Waals surface area contributed by atoms with Crippen molar-refractivity contribution in [1.82, 2.24) is 0 Å². The van der Waals surface area contributed by atoms with E-state index in [0.29, 0.717) is 43.9 Å². The number of phenols is 1. The summed E-state index contributed by atoms with van der Waals surface area (Å²) < 4.78 is 57.8. The number of hydroxylamine groups is 3. The molecule has 0 amide bonds. The van der Waals surface area contributed by atoms with Crippen molar-refractivity contribution in [3.8, 4) is 11.5 Å². The van der Waals surface area contributed by atoms with Gasteiger partial charge in [-0.15, -0.1) is 0 Å². The standard InChI is InChI=1S/C31H34F3NO6/c32-31(33,34)28(37)40-23-12-13-30(39-16-4-7-19-5-2-1-3-6-19)24-17-21-10-11-22(36)26-25(21)29(30,27(23)41-26)14-15-35(24,38)18-20-8-9-20/h1-3,5-6,10-11,20,23-24,27,36H,4,7-9,12-18H2/t23?,24-,27?,29+,30-,35?/m1/s1. The number of carbonyl (C=O) groups excluding carboxylic acids is 1. The Morgan fingerprint density at radius 3 is 2.63 bits per heavy atom. The van der Waals surface area contributed by atoms with Crippen LogP contribution in [0.2, 0.25) is 0 Å². The second-order valence-corrected chi connectivity index (χ2v) is 12.5. The molecule has 3 fully saturated rings. The van der Waals surface area contributed by atoms with E-state index in [4.69, 9.17) is 14.2 Å². The van der Waals surface area contributed by atoms with Crippen molar-refractivity contribution >= 4 is 5.97 Å². The van der Waals surface area contributed by atoms with Crippen molar-refractivity contribution in [2.45, 2.75) is 86.8 Å². The number of benzene rings is 2. The second kappa shape index (κ2) is 9.34. The lowest BCUT2D eigenvalue weighted by Gasteiger charge is -2.69. The molecule has 220 valence electrons. The highest BCUT2D eigenvalue weighted by Gasteiger charge is 2.77. The molecule has 7 rings (SSSR count). The molecule has 2 saturated carbocycles. The largest absolute Gasteiger partial charge is 0.632 e. The summed E-state index contributed by atoms with van der Waals surface area (Å²) in [5, 5.41) is 25.6. The lowest BCUT2D eigenvalue weighted by Crippen LogP contribution is -2.81. The number of phenolic OH excluding ortho intramolecular Hbond substituents is 1. The van der Waals surface area contributed by atoms with E-state index >= 15 is 0 Å². The van der Waals surface area contributed by atoms with Crippen molar-refractivity contribution in [2.24, 2.45) is 5.92 Å². The number of rotatable bonds is 8. The summed E-state index contributed by atoms with van der Waals surface area (Å²) in [5.41, 5.74) is 0.686. The van der Waals surface area contributed by atoms with Crippen molar-refractivity contribution in [3.63, 3.8) is 0 Å². The van der Waals surface area contributed by atoms with Crippen molar-refractivity contribution < 1.29 is 41.9 Å². The smallest absolute Gasteiger partial charge is 0.490 e. The van der Waals surface area contributed by atoms with Gasteiger partial charge in [0.05, 0.1) is 18.5 Å². The van der Waals surface area contributed by atoms with E-state index in [0.717, 1.165) is 24.8 Å². The third-order valence-electron chi connectivity index (χ3n) is 10.3. The van der Waals surface area contributed by atoms with Crippen LogP contribution in [0.5, 0.6) is 11.5 Å². The van der Waals surface area contributed by atoms with Gasteiger partial charge >= 0.3 is 12.1 Å². The van der Waals surface area contributed by atoms with Gasteiger partial charge in [-0.3, -0.25) is 0 Å². The van der Waals surface area contributed by atoms with Crippen molar-refractivity contribution in [1.29, 1.82) is 0 Å². The van der Waals surface area contributed by atoms with E-state index in [-0.39, 0.29) is 30.9 Å². The van der Waals surface area contributed by atoms with Gasteiger partial charge in [-0.25, -0.2) is 4.79 Å². The number of piperidine rings is 1. The molecule has 7 nitrogen and oxygen atoms in total. The summed E-state index contributed by atoms with van der Waals surface area (Å²) in [7, 11) is 0. The van der Waals surface area contributed by atoms with Crippen molar-refractivity contribution in [3.05, 3.63) is 64.4 Å². The van der Waals surface area contributed by atoms with Crippen LogP contribution >= 0.6 is 0 Å². The van der Waals surface area contributed by atoms with Crippen molar-refractivity contribution in [2.75, 3.05) is 19.7 Å².